The van der Waals surface area contributed by atoms with Gasteiger partial charge in [0.25, 0.3) is 0 Å². The lowest BCUT2D eigenvalue weighted by atomic mass is 9.90. The van der Waals surface area contributed by atoms with Gasteiger partial charge >= 0.3 is 0 Å². The van der Waals surface area contributed by atoms with Gasteiger partial charge in [-0.3, -0.25) is 4.21 Å². The summed E-state index contributed by atoms with van der Waals surface area (Å²) in [4.78, 5) is 0.640. The topological polar surface area (TPSA) is 37.3 Å². The van der Waals surface area contributed by atoms with Gasteiger partial charge in [-0.1, -0.05) is 23.8 Å². The Hall–Kier alpha value is -1.52. The highest BCUT2D eigenvalue weighted by Gasteiger charge is 2.70. The quantitative estimate of drug-likeness (QED) is 0.937. The summed E-state index contributed by atoms with van der Waals surface area (Å²) in [7, 11) is -1.29. The fourth-order valence-electron chi connectivity index (χ4n) is 4.34. The molecule has 2 aromatic carbocycles. The second-order valence-corrected chi connectivity index (χ2v) is 8.29. The van der Waals surface area contributed by atoms with Crippen molar-refractivity contribution in [1.29, 1.82) is 0 Å². The highest BCUT2D eigenvalue weighted by molar-refractivity contribution is 7.86. The molecule has 1 saturated carbocycles. The number of rotatable bonds is 3. The summed E-state index contributed by atoms with van der Waals surface area (Å²) in [6, 6.07) is 12.2. The van der Waals surface area contributed by atoms with Crippen LogP contribution >= 0.6 is 0 Å². The molecule has 2 aliphatic rings. The third-order valence-corrected chi connectivity index (χ3v) is 7.56. The van der Waals surface area contributed by atoms with Crippen molar-refractivity contribution in [1.82, 2.24) is 0 Å². The maximum absolute atomic E-state index is 13.4. The fourth-order valence-corrected chi connectivity index (χ4v) is 6.51. The molecule has 2 aromatic rings. The van der Waals surface area contributed by atoms with Crippen molar-refractivity contribution in [3.63, 3.8) is 0 Å². The van der Waals surface area contributed by atoms with Gasteiger partial charge in [0.05, 0.1) is 15.5 Å². The van der Waals surface area contributed by atoms with Gasteiger partial charge in [-0.05, 0) is 61.1 Å². The number of aliphatic hydroxyl groups is 1. The predicted molar refractivity (Wildman–Crippen MR) is 88.1 cm³/mol. The molecule has 0 spiro atoms. The van der Waals surface area contributed by atoms with Crippen molar-refractivity contribution < 1.29 is 13.7 Å². The second kappa shape index (κ2) is 5.25. The van der Waals surface area contributed by atoms with E-state index in [2.05, 4.69) is 25.1 Å². The molecule has 1 N–H and O–H groups in total. The molecule has 2 nitrogen and oxygen atoms in total. The van der Waals surface area contributed by atoms with Crippen LogP contribution in [0.4, 0.5) is 4.39 Å². The number of benzene rings is 2. The van der Waals surface area contributed by atoms with Crippen molar-refractivity contribution in [3.8, 4) is 0 Å². The molecule has 4 unspecified atom stereocenters. The van der Waals surface area contributed by atoms with E-state index in [1.54, 1.807) is 12.1 Å². The van der Waals surface area contributed by atoms with E-state index in [4.69, 9.17) is 0 Å². The summed E-state index contributed by atoms with van der Waals surface area (Å²) < 4.78 is 26.0. The van der Waals surface area contributed by atoms with Crippen LogP contribution in [0.25, 0.3) is 0 Å². The van der Waals surface area contributed by atoms with Gasteiger partial charge < -0.3 is 5.11 Å². The molecule has 4 rings (SSSR count). The molecule has 0 radical (unpaired) electrons. The van der Waals surface area contributed by atoms with Crippen LogP contribution < -0.4 is 0 Å². The second-order valence-electron chi connectivity index (χ2n) is 6.61. The van der Waals surface area contributed by atoms with Gasteiger partial charge in [0.15, 0.2) is 0 Å². The largest absolute Gasteiger partial charge is 0.396 e. The third-order valence-electron chi connectivity index (χ3n) is 5.42. The molecule has 0 heterocycles. The standard InChI is InChI=1S/C19H19FO2S/c1-12-2-8-16-13(10-12)3-9-17-18(11-21)19(16,17)23(22)15-6-4-14(20)5-7-15/h2,4-8,10,17-18,21H,3,9,11H2,1H3. The van der Waals surface area contributed by atoms with Crippen molar-refractivity contribution >= 4 is 10.8 Å². The maximum Gasteiger partial charge on any atom is 0.123 e. The van der Waals surface area contributed by atoms with E-state index in [-0.39, 0.29) is 24.3 Å². The van der Waals surface area contributed by atoms with Crippen LogP contribution in [0.2, 0.25) is 0 Å². The molecule has 4 heteroatoms. The first-order valence-electron chi connectivity index (χ1n) is 7.97. The molecule has 0 aliphatic heterocycles. The Balaban J connectivity index is 1.85. The average Bonchev–Trinajstić information content (AvgIpc) is 3.23. The third kappa shape index (κ3) is 2.05. The van der Waals surface area contributed by atoms with Crippen LogP contribution in [-0.4, -0.2) is 15.9 Å². The van der Waals surface area contributed by atoms with Gasteiger partial charge in [0.1, 0.15) is 5.82 Å². The van der Waals surface area contributed by atoms with Crippen LogP contribution in [0.3, 0.4) is 0 Å². The van der Waals surface area contributed by atoms with Crippen LogP contribution in [0.1, 0.15) is 23.1 Å². The molecule has 2 aliphatic carbocycles. The zero-order chi connectivity index (χ0) is 16.2. The molecular formula is C19H19FO2S. The summed E-state index contributed by atoms with van der Waals surface area (Å²) >= 11 is 0. The Morgan fingerprint density at radius 3 is 2.70 bits per heavy atom. The van der Waals surface area contributed by atoms with Crippen LogP contribution in [0, 0.1) is 24.6 Å². The normalized spacial score (nSPS) is 29.5. The van der Waals surface area contributed by atoms with E-state index in [1.165, 1.54) is 23.3 Å². The van der Waals surface area contributed by atoms with Crippen molar-refractivity contribution in [2.45, 2.75) is 29.4 Å². The van der Waals surface area contributed by atoms with Gasteiger partial charge in [0, 0.05) is 17.4 Å². The highest BCUT2D eigenvalue weighted by Crippen LogP contribution is 2.67. The lowest BCUT2D eigenvalue weighted by Gasteiger charge is -2.26. The summed E-state index contributed by atoms with van der Waals surface area (Å²) in [5.41, 5.74) is 3.56. The molecule has 0 amide bonds. The van der Waals surface area contributed by atoms with Crippen LogP contribution in [0.15, 0.2) is 47.4 Å². The zero-order valence-corrected chi connectivity index (χ0v) is 13.8. The van der Waals surface area contributed by atoms with Crippen molar-refractivity contribution in [3.05, 3.63) is 65.0 Å². The summed E-state index contributed by atoms with van der Waals surface area (Å²) in [5.74, 6) is -0.0556. The zero-order valence-electron chi connectivity index (χ0n) is 13.0. The molecule has 23 heavy (non-hydrogen) atoms. The Labute approximate surface area is 137 Å². The smallest absolute Gasteiger partial charge is 0.123 e. The summed E-state index contributed by atoms with van der Waals surface area (Å²) in [6.07, 6.45) is 1.93. The molecule has 0 bridgehead atoms. The number of halogens is 1. The SMILES string of the molecule is Cc1ccc2c(c1)CCC1C(CO)C21S(=O)c1ccc(F)cc1. The van der Waals surface area contributed by atoms with Crippen LogP contribution in [-0.2, 0) is 22.0 Å². The summed E-state index contributed by atoms with van der Waals surface area (Å²) in [6.45, 7) is 2.11. The van der Waals surface area contributed by atoms with Gasteiger partial charge in [-0.25, -0.2) is 4.39 Å². The van der Waals surface area contributed by atoms with Crippen molar-refractivity contribution in [2.24, 2.45) is 11.8 Å². The molecular weight excluding hydrogens is 311 g/mol. The minimum absolute atomic E-state index is 0.0253. The number of hydrogen-bond donors (Lipinski definition) is 1. The first-order valence-corrected chi connectivity index (χ1v) is 9.12. The number of hydrogen-bond acceptors (Lipinski definition) is 2. The molecule has 0 saturated heterocycles. The summed E-state index contributed by atoms with van der Waals surface area (Å²) in [5, 5.41) is 9.83. The molecule has 1 fully saturated rings. The highest BCUT2D eigenvalue weighted by atomic mass is 32.2. The molecule has 4 atom stereocenters. The first-order chi connectivity index (χ1) is 11.1. The Morgan fingerprint density at radius 2 is 2.00 bits per heavy atom. The van der Waals surface area contributed by atoms with E-state index in [9.17, 15) is 13.7 Å². The van der Waals surface area contributed by atoms with E-state index in [0.29, 0.717) is 4.90 Å². The predicted octanol–water partition coefficient (Wildman–Crippen LogP) is 3.32. The van der Waals surface area contributed by atoms with E-state index >= 15 is 0 Å². The van der Waals surface area contributed by atoms with E-state index in [1.807, 2.05) is 0 Å². The molecule has 0 aromatic heterocycles. The lowest BCUT2D eigenvalue weighted by Crippen LogP contribution is -2.25. The first kappa shape index (κ1) is 15.0. The number of aryl methyl sites for hydroxylation is 2. The molecule has 120 valence electrons. The van der Waals surface area contributed by atoms with Gasteiger partial charge in [-0.2, -0.15) is 0 Å². The number of fused-ring (bicyclic) bond motifs is 3. The monoisotopic (exact) mass is 330 g/mol. The number of aliphatic hydroxyl groups excluding tert-OH is 1. The van der Waals surface area contributed by atoms with Crippen LogP contribution in [0.5, 0.6) is 0 Å². The maximum atomic E-state index is 13.4. The lowest BCUT2D eigenvalue weighted by molar-refractivity contribution is 0.265. The fraction of sp³-hybridized carbons (Fsp3) is 0.368. The Kier molecular flexibility index (Phi) is 3.43. The van der Waals surface area contributed by atoms with Gasteiger partial charge in [-0.15, -0.1) is 0 Å². The van der Waals surface area contributed by atoms with E-state index in [0.717, 1.165) is 18.4 Å². The van der Waals surface area contributed by atoms with E-state index < -0.39 is 15.5 Å². The minimum atomic E-state index is -1.29. The Bertz CT molecular complexity index is 780. The minimum Gasteiger partial charge on any atom is -0.396 e. The Morgan fingerprint density at radius 1 is 1.26 bits per heavy atom. The van der Waals surface area contributed by atoms with Gasteiger partial charge in [0.2, 0.25) is 0 Å². The van der Waals surface area contributed by atoms with Crippen molar-refractivity contribution in [2.75, 3.05) is 6.61 Å². The average molecular weight is 330 g/mol.